The number of hydrogen-bond donors (Lipinski definition) is 2. The number of rotatable bonds is 4. The van der Waals surface area contributed by atoms with Crippen molar-refractivity contribution in [2.45, 2.75) is 6.42 Å². The van der Waals surface area contributed by atoms with Gasteiger partial charge in [0.05, 0.1) is 17.4 Å². The molecule has 0 radical (unpaired) electrons. The van der Waals surface area contributed by atoms with Crippen LogP contribution in [0.3, 0.4) is 0 Å². The third-order valence-corrected chi connectivity index (χ3v) is 5.10. The van der Waals surface area contributed by atoms with Gasteiger partial charge in [0, 0.05) is 5.02 Å². The summed E-state index contributed by atoms with van der Waals surface area (Å²) in [6.07, 6.45) is 0.267. The Hall–Kier alpha value is -1.80. The summed E-state index contributed by atoms with van der Waals surface area (Å²) < 4.78 is 27.7. The van der Waals surface area contributed by atoms with Crippen molar-refractivity contribution in [1.82, 2.24) is 10.9 Å². The number of halogens is 1. The van der Waals surface area contributed by atoms with Gasteiger partial charge in [-0.2, -0.15) is 0 Å². The van der Waals surface area contributed by atoms with E-state index in [1.165, 1.54) is 0 Å². The Morgan fingerprint density at radius 3 is 2.73 bits per heavy atom. The Morgan fingerprint density at radius 1 is 1.32 bits per heavy atom. The Balaban J connectivity index is 1.73. The molecular formula is C13H15ClN2O5S. The molecule has 0 spiro atoms. The van der Waals surface area contributed by atoms with E-state index in [-0.39, 0.29) is 24.5 Å². The number of hydrogen-bond acceptors (Lipinski definition) is 5. The third kappa shape index (κ3) is 4.88. The molecule has 1 aromatic rings. The topological polar surface area (TPSA) is 102 Å². The number of hydrazine groups is 1. The molecule has 2 rings (SSSR count). The Kier molecular flexibility index (Phi) is 5.25. The van der Waals surface area contributed by atoms with Gasteiger partial charge in [0.2, 0.25) is 5.91 Å². The van der Waals surface area contributed by atoms with Crippen molar-refractivity contribution < 1.29 is 22.7 Å². The average molecular weight is 347 g/mol. The maximum Gasteiger partial charge on any atom is 0.276 e. The zero-order valence-corrected chi connectivity index (χ0v) is 13.1. The molecule has 0 bridgehead atoms. The van der Waals surface area contributed by atoms with Crippen molar-refractivity contribution in [3.05, 3.63) is 29.3 Å². The van der Waals surface area contributed by atoms with E-state index in [0.717, 1.165) is 0 Å². The maximum absolute atomic E-state index is 11.7. The van der Waals surface area contributed by atoms with Crippen LogP contribution in [0.5, 0.6) is 5.75 Å². The lowest BCUT2D eigenvalue weighted by molar-refractivity contribution is -0.131. The number of carbonyl (C=O) groups is 2. The molecular weight excluding hydrogens is 332 g/mol. The lowest BCUT2D eigenvalue weighted by Gasteiger charge is -2.11. The SMILES string of the molecule is O=C(COc1cccc(Cl)c1)NNC(=O)[C@@H]1CCS(=O)(=O)C1. The minimum Gasteiger partial charge on any atom is -0.484 e. The Bertz CT molecular complexity index is 677. The van der Waals surface area contributed by atoms with Crippen LogP contribution < -0.4 is 15.6 Å². The predicted molar refractivity (Wildman–Crippen MR) is 80.0 cm³/mol. The summed E-state index contributed by atoms with van der Waals surface area (Å²) >= 11 is 5.77. The number of nitrogens with one attached hydrogen (secondary N) is 2. The van der Waals surface area contributed by atoms with Crippen LogP contribution in [0.25, 0.3) is 0 Å². The first-order valence-electron chi connectivity index (χ1n) is 6.53. The Morgan fingerprint density at radius 2 is 2.09 bits per heavy atom. The van der Waals surface area contributed by atoms with Crippen molar-refractivity contribution in [2.24, 2.45) is 5.92 Å². The molecule has 0 aliphatic carbocycles. The smallest absolute Gasteiger partial charge is 0.276 e. The van der Waals surface area contributed by atoms with Crippen LogP contribution in [-0.4, -0.2) is 38.3 Å². The summed E-state index contributed by atoms with van der Waals surface area (Å²) in [5.74, 6) is -1.47. The molecule has 9 heteroatoms. The van der Waals surface area contributed by atoms with E-state index in [2.05, 4.69) is 10.9 Å². The zero-order chi connectivity index (χ0) is 16.2. The molecule has 7 nitrogen and oxygen atoms in total. The molecule has 0 aromatic heterocycles. The number of benzene rings is 1. The highest BCUT2D eigenvalue weighted by Crippen LogP contribution is 2.18. The van der Waals surface area contributed by atoms with Crippen molar-refractivity contribution in [2.75, 3.05) is 18.1 Å². The van der Waals surface area contributed by atoms with Crippen LogP contribution in [0.2, 0.25) is 5.02 Å². The van der Waals surface area contributed by atoms with Crippen LogP contribution >= 0.6 is 11.6 Å². The fraction of sp³-hybridized carbons (Fsp3) is 0.385. The first kappa shape index (κ1) is 16.6. The number of sulfone groups is 1. The van der Waals surface area contributed by atoms with Gasteiger partial charge in [0.1, 0.15) is 5.75 Å². The van der Waals surface area contributed by atoms with Crippen molar-refractivity contribution in [3.63, 3.8) is 0 Å². The van der Waals surface area contributed by atoms with Crippen LogP contribution in [-0.2, 0) is 19.4 Å². The summed E-state index contributed by atoms with van der Waals surface area (Å²) in [6.45, 7) is -0.302. The van der Waals surface area contributed by atoms with Gasteiger partial charge in [-0.25, -0.2) is 8.42 Å². The lowest BCUT2D eigenvalue weighted by atomic mass is 10.1. The molecule has 1 saturated heterocycles. The second kappa shape index (κ2) is 6.97. The molecule has 1 heterocycles. The lowest BCUT2D eigenvalue weighted by Crippen LogP contribution is -2.46. The van der Waals surface area contributed by atoms with Crippen molar-refractivity contribution in [3.8, 4) is 5.75 Å². The van der Waals surface area contributed by atoms with E-state index >= 15 is 0 Å². The summed E-state index contributed by atoms with van der Waals surface area (Å²) in [5, 5.41) is 0.480. The molecule has 120 valence electrons. The van der Waals surface area contributed by atoms with E-state index in [1.54, 1.807) is 24.3 Å². The summed E-state index contributed by atoms with van der Waals surface area (Å²) in [5.41, 5.74) is 4.38. The van der Waals surface area contributed by atoms with Crippen LogP contribution in [0, 0.1) is 5.92 Å². The molecule has 2 amide bonds. The third-order valence-electron chi connectivity index (χ3n) is 3.09. The Labute approximate surface area is 132 Å². The number of carbonyl (C=O) groups excluding carboxylic acids is 2. The van der Waals surface area contributed by atoms with E-state index in [9.17, 15) is 18.0 Å². The van der Waals surface area contributed by atoms with Crippen molar-refractivity contribution >= 4 is 33.3 Å². The molecule has 1 fully saturated rings. The minimum atomic E-state index is -3.14. The molecule has 0 saturated carbocycles. The second-order valence-electron chi connectivity index (χ2n) is 4.88. The first-order valence-corrected chi connectivity index (χ1v) is 8.73. The number of ether oxygens (including phenoxy) is 1. The van der Waals surface area contributed by atoms with E-state index in [4.69, 9.17) is 16.3 Å². The van der Waals surface area contributed by atoms with E-state index in [1.807, 2.05) is 0 Å². The van der Waals surface area contributed by atoms with E-state index < -0.39 is 27.6 Å². The normalized spacial score (nSPS) is 19.4. The van der Waals surface area contributed by atoms with Gasteiger partial charge in [0.25, 0.3) is 5.91 Å². The fourth-order valence-corrected chi connectivity index (χ4v) is 3.90. The molecule has 22 heavy (non-hydrogen) atoms. The first-order chi connectivity index (χ1) is 10.4. The molecule has 0 unspecified atom stereocenters. The van der Waals surface area contributed by atoms with Gasteiger partial charge < -0.3 is 4.74 Å². The van der Waals surface area contributed by atoms with Gasteiger partial charge >= 0.3 is 0 Å². The van der Waals surface area contributed by atoms with Crippen LogP contribution in [0.4, 0.5) is 0 Å². The second-order valence-corrected chi connectivity index (χ2v) is 7.55. The minimum absolute atomic E-state index is 0.00306. The fourth-order valence-electron chi connectivity index (χ4n) is 1.98. The largest absolute Gasteiger partial charge is 0.484 e. The van der Waals surface area contributed by atoms with Gasteiger partial charge in [0.15, 0.2) is 16.4 Å². The number of amides is 2. The van der Waals surface area contributed by atoms with Crippen molar-refractivity contribution in [1.29, 1.82) is 0 Å². The quantitative estimate of drug-likeness (QED) is 0.763. The highest BCUT2D eigenvalue weighted by atomic mass is 35.5. The van der Waals surface area contributed by atoms with Crippen LogP contribution in [0.15, 0.2) is 24.3 Å². The van der Waals surface area contributed by atoms with E-state index in [0.29, 0.717) is 10.8 Å². The van der Waals surface area contributed by atoms with Gasteiger partial charge in [-0.05, 0) is 24.6 Å². The summed E-state index contributed by atoms with van der Waals surface area (Å²) in [7, 11) is -3.14. The standard InChI is InChI=1S/C13H15ClN2O5S/c14-10-2-1-3-11(6-10)21-7-12(17)15-16-13(18)9-4-5-22(19,20)8-9/h1-3,6,9H,4-5,7-8H2,(H,15,17)(H,16,18)/t9-/m1/s1. The van der Waals surface area contributed by atoms with Crippen LogP contribution in [0.1, 0.15) is 6.42 Å². The molecule has 1 aliphatic rings. The molecule has 2 N–H and O–H groups in total. The summed E-state index contributed by atoms with van der Waals surface area (Å²) in [6, 6.07) is 6.54. The van der Waals surface area contributed by atoms with Gasteiger partial charge in [-0.1, -0.05) is 17.7 Å². The zero-order valence-electron chi connectivity index (χ0n) is 11.5. The average Bonchev–Trinajstić information content (AvgIpc) is 2.83. The molecule has 1 aromatic carbocycles. The van der Waals surface area contributed by atoms with Gasteiger partial charge in [-0.3, -0.25) is 20.4 Å². The summed E-state index contributed by atoms with van der Waals surface area (Å²) in [4.78, 5) is 23.3. The highest BCUT2D eigenvalue weighted by molar-refractivity contribution is 7.91. The maximum atomic E-state index is 11.7. The predicted octanol–water partition coefficient (Wildman–Crippen LogP) is 0.301. The molecule has 1 aliphatic heterocycles. The molecule has 1 atom stereocenters. The highest BCUT2D eigenvalue weighted by Gasteiger charge is 2.33. The monoisotopic (exact) mass is 346 g/mol. The van der Waals surface area contributed by atoms with Gasteiger partial charge in [-0.15, -0.1) is 0 Å².